The lowest BCUT2D eigenvalue weighted by Crippen LogP contribution is -2.24. The number of amides is 2. The van der Waals surface area contributed by atoms with Crippen molar-refractivity contribution in [2.24, 2.45) is 0 Å². The molecule has 0 aliphatic rings. The van der Waals surface area contributed by atoms with Gasteiger partial charge < -0.3 is 15.4 Å². The zero-order valence-electron chi connectivity index (χ0n) is 14.5. The van der Waals surface area contributed by atoms with Crippen molar-refractivity contribution in [2.45, 2.75) is 6.54 Å². The molecule has 2 N–H and O–H groups in total. The summed E-state index contributed by atoms with van der Waals surface area (Å²) in [6.45, 7) is 0.330. The second-order valence-electron chi connectivity index (χ2n) is 5.66. The second kappa shape index (κ2) is 8.70. The van der Waals surface area contributed by atoms with Crippen LogP contribution in [0.3, 0.4) is 0 Å². The Morgan fingerprint density at radius 3 is 2.67 bits per heavy atom. The first-order valence-corrected chi connectivity index (χ1v) is 9.38. The minimum absolute atomic E-state index is 0.283. The van der Waals surface area contributed by atoms with E-state index in [2.05, 4.69) is 10.6 Å². The van der Waals surface area contributed by atoms with Crippen molar-refractivity contribution in [2.75, 3.05) is 12.4 Å². The van der Waals surface area contributed by atoms with Crippen LogP contribution in [-0.4, -0.2) is 18.9 Å². The Kier molecular flexibility index (Phi) is 6.11. The number of hydrogen-bond donors (Lipinski definition) is 2. The normalized spacial score (nSPS) is 10.3. The van der Waals surface area contributed by atoms with Crippen molar-refractivity contribution in [3.63, 3.8) is 0 Å². The summed E-state index contributed by atoms with van der Waals surface area (Å²) < 4.78 is 5.18. The average molecular weight is 401 g/mol. The maximum atomic E-state index is 12.6. The van der Waals surface area contributed by atoms with Gasteiger partial charge in [-0.25, -0.2) is 0 Å². The van der Waals surface area contributed by atoms with Gasteiger partial charge in [0, 0.05) is 11.6 Å². The summed E-state index contributed by atoms with van der Waals surface area (Å²) >= 11 is 7.36. The van der Waals surface area contributed by atoms with Crippen molar-refractivity contribution < 1.29 is 14.3 Å². The number of carbonyl (C=O) groups excluding carboxylic acids is 2. The predicted octanol–water partition coefficient (Wildman–Crippen LogP) is 4.59. The molecule has 0 aliphatic heterocycles. The van der Waals surface area contributed by atoms with Crippen molar-refractivity contribution in [1.82, 2.24) is 5.32 Å². The first-order chi connectivity index (χ1) is 13.1. The fraction of sp³-hybridized carbons (Fsp3) is 0.100. The van der Waals surface area contributed by atoms with Crippen LogP contribution in [0.25, 0.3) is 0 Å². The molecule has 0 unspecified atom stereocenters. The molecular formula is C20H17ClN2O3S. The molecule has 7 heteroatoms. The first-order valence-electron chi connectivity index (χ1n) is 8.12. The number of halogens is 1. The van der Waals surface area contributed by atoms with Gasteiger partial charge in [0.15, 0.2) is 0 Å². The van der Waals surface area contributed by atoms with Crippen LogP contribution >= 0.6 is 22.9 Å². The Labute approximate surface area is 165 Å². The first kappa shape index (κ1) is 18.9. The lowest BCUT2D eigenvalue weighted by atomic mass is 10.1. The van der Waals surface area contributed by atoms with Gasteiger partial charge in [0.2, 0.25) is 0 Å². The molecular weight excluding hydrogens is 384 g/mol. The number of anilines is 1. The fourth-order valence-corrected chi connectivity index (χ4v) is 3.26. The van der Waals surface area contributed by atoms with Crippen molar-refractivity contribution in [1.29, 1.82) is 0 Å². The van der Waals surface area contributed by atoms with Crippen LogP contribution in [-0.2, 0) is 6.54 Å². The number of benzene rings is 2. The molecule has 2 aromatic carbocycles. The van der Waals surface area contributed by atoms with E-state index < -0.39 is 0 Å². The van der Waals surface area contributed by atoms with E-state index in [1.807, 2.05) is 29.6 Å². The molecule has 0 fully saturated rings. The highest BCUT2D eigenvalue weighted by Gasteiger charge is 2.15. The van der Waals surface area contributed by atoms with Crippen LogP contribution < -0.4 is 15.4 Å². The van der Waals surface area contributed by atoms with Gasteiger partial charge >= 0.3 is 0 Å². The number of methoxy groups -OCH3 is 1. The fourth-order valence-electron chi connectivity index (χ4n) is 2.47. The maximum absolute atomic E-state index is 12.6. The van der Waals surface area contributed by atoms with Crippen LogP contribution in [0.15, 0.2) is 60.0 Å². The van der Waals surface area contributed by atoms with E-state index in [1.165, 1.54) is 11.3 Å². The van der Waals surface area contributed by atoms with Crippen LogP contribution in [0.5, 0.6) is 5.75 Å². The molecule has 0 aliphatic carbocycles. The largest absolute Gasteiger partial charge is 0.497 e. The highest BCUT2D eigenvalue weighted by molar-refractivity contribution is 7.12. The molecule has 0 radical (unpaired) electrons. The zero-order chi connectivity index (χ0) is 19.2. The van der Waals surface area contributed by atoms with Gasteiger partial charge in [0.05, 0.1) is 23.2 Å². The summed E-state index contributed by atoms with van der Waals surface area (Å²) in [5.74, 6) is 0.127. The van der Waals surface area contributed by atoms with E-state index in [0.717, 1.165) is 11.3 Å². The van der Waals surface area contributed by atoms with Gasteiger partial charge in [0.25, 0.3) is 11.8 Å². The third-order valence-corrected chi connectivity index (χ3v) is 4.91. The molecule has 0 saturated heterocycles. The topological polar surface area (TPSA) is 67.4 Å². The SMILES string of the molecule is COc1cccc(CNC(=O)c2ccc(Cl)cc2NC(=O)c2cccs2)c1. The molecule has 0 saturated carbocycles. The van der Waals surface area contributed by atoms with Gasteiger partial charge in [-0.2, -0.15) is 0 Å². The third kappa shape index (κ3) is 4.87. The van der Waals surface area contributed by atoms with E-state index in [4.69, 9.17) is 16.3 Å². The average Bonchev–Trinajstić information content (AvgIpc) is 3.21. The summed E-state index contributed by atoms with van der Waals surface area (Å²) in [7, 11) is 1.59. The smallest absolute Gasteiger partial charge is 0.265 e. The van der Waals surface area contributed by atoms with Crippen LogP contribution in [0.1, 0.15) is 25.6 Å². The molecule has 2 amide bonds. The van der Waals surface area contributed by atoms with Gasteiger partial charge in [0.1, 0.15) is 5.75 Å². The highest BCUT2D eigenvalue weighted by atomic mass is 35.5. The maximum Gasteiger partial charge on any atom is 0.265 e. The van der Waals surface area contributed by atoms with Crippen LogP contribution in [0, 0.1) is 0 Å². The number of thiophene rings is 1. The Hall–Kier alpha value is -2.83. The Bertz CT molecular complexity index is 958. The number of carbonyl (C=O) groups is 2. The van der Waals surface area contributed by atoms with E-state index >= 15 is 0 Å². The summed E-state index contributed by atoms with van der Waals surface area (Å²) in [4.78, 5) is 25.5. The molecule has 3 rings (SSSR count). The van der Waals surface area contributed by atoms with Gasteiger partial charge in [-0.1, -0.05) is 29.8 Å². The number of hydrogen-bond acceptors (Lipinski definition) is 4. The molecule has 3 aromatic rings. The number of rotatable bonds is 6. The van der Waals surface area contributed by atoms with Gasteiger partial charge in [-0.15, -0.1) is 11.3 Å². The Morgan fingerprint density at radius 2 is 1.93 bits per heavy atom. The minimum atomic E-state index is -0.309. The molecule has 5 nitrogen and oxygen atoms in total. The van der Waals surface area contributed by atoms with Crippen LogP contribution in [0.4, 0.5) is 5.69 Å². The molecule has 138 valence electrons. The number of ether oxygens (including phenoxy) is 1. The molecule has 27 heavy (non-hydrogen) atoms. The second-order valence-corrected chi connectivity index (χ2v) is 7.04. The zero-order valence-corrected chi connectivity index (χ0v) is 16.1. The third-order valence-electron chi connectivity index (χ3n) is 3.81. The van der Waals surface area contributed by atoms with Crippen molar-refractivity contribution in [3.05, 3.63) is 81.0 Å². The molecule has 1 aromatic heterocycles. The number of nitrogens with one attached hydrogen (secondary N) is 2. The van der Waals surface area contributed by atoms with E-state index in [1.54, 1.807) is 37.4 Å². The highest BCUT2D eigenvalue weighted by Crippen LogP contribution is 2.23. The predicted molar refractivity (Wildman–Crippen MR) is 108 cm³/mol. The van der Waals surface area contributed by atoms with E-state index in [0.29, 0.717) is 27.7 Å². The van der Waals surface area contributed by atoms with E-state index in [9.17, 15) is 9.59 Å². The Balaban J connectivity index is 1.74. The Morgan fingerprint density at radius 1 is 1.07 bits per heavy atom. The molecule has 0 spiro atoms. The monoisotopic (exact) mass is 400 g/mol. The minimum Gasteiger partial charge on any atom is -0.497 e. The van der Waals surface area contributed by atoms with Crippen molar-refractivity contribution in [3.8, 4) is 5.75 Å². The standard InChI is InChI=1S/C20H17ClN2O3S/c1-26-15-5-2-4-13(10-15)12-22-19(24)16-8-7-14(21)11-17(16)23-20(25)18-6-3-9-27-18/h2-11H,12H2,1H3,(H,22,24)(H,23,25). The summed E-state index contributed by atoms with van der Waals surface area (Å²) in [5, 5.41) is 7.85. The molecule has 0 atom stereocenters. The molecule has 1 heterocycles. The lowest BCUT2D eigenvalue weighted by molar-refractivity contribution is 0.0951. The van der Waals surface area contributed by atoms with Gasteiger partial charge in [-0.05, 0) is 47.3 Å². The van der Waals surface area contributed by atoms with E-state index in [-0.39, 0.29) is 11.8 Å². The summed E-state index contributed by atoms with van der Waals surface area (Å²) in [6.07, 6.45) is 0. The quantitative estimate of drug-likeness (QED) is 0.635. The molecule has 0 bridgehead atoms. The van der Waals surface area contributed by atoms with Gasteiger partial charge in [-0.3, -0.25) is 9.59 Å². The lowest BCUT2D eigenvalue weighted by Gasteiger charge is -2.12. The summed E-state index contributed by atoms with van der Waals surface area (Å²) in [5.41, 5.74) is 1.61. The summed E-state index contributed by atoms with van der Waals surface area (Å²) in [6, 6.07) is 15.7. The van der Waals surface area contributed by atoms with Crippen LogP contribution in [0.2, 0.25) is 5.02 Å². The van der Waals surface area contributed by atoms with Crippen molar-refractivity contribution >= 4 is 40.4 Å².